The van der Waals surface area contributed by atoms with Crippen molar-refractivity contribution >= 4 is 29.0 Å². The van der Waals surface area contributed by atoms with Crippen LogP contribution in [0.25, 0.3) is 0 Å². The Balaban J connectivity index is -0.0000000417. The second-order valence-corrected chi connectivity index (χ2v) is 1.41. The Kier molecular flexibility index (Phi) is 29.8. The van der Waals surface area contributed by atoms with Gasteiger partial charge >= 0.3 is 23.1 Å². The van der Waals surface area contributed by atoms with Crippen molar-refractivity contribution in [2.45, 2.75) is 6.92 Å². The van der Waals surface area contributed by atoms with E-state index in [1.54, 1.807) is 14.1 Å². The van der Waals surface area contributed by atoms with Gasteiger partial charge in [-0.15, -0.1) is 0 Å². The third kappa shape index (κ3) is 17.6. The third-order valence-corrected chi connectivity index (χ3v) is 0.630. The van der Waals surface area contributed by atoms with Crippen molar-refractivity contribution in [3.8, 4) is 0 Å². The van der Waals surface area contributed by atoms with Crippen molar-refractivity contribution in [1.29, 1.82) is 0 Å². The van der Waals surface area contributed by atoms with E-state index in [2.05, 4.69) is 0 Å². The predicted molar refractivity (Wildman–Crippen MR) is 30.1 cm³/mol. The van der Waals surface area contributed by atoms with Crippen LogP contribution in [-0.4, -0.2) is 48.0 Å². The van der Waals surface area contributed by atoms with Crippen molar-refractivity contribution in [3.05, 3.63) is 0 Å². The predicted octanol–water partition coefficient (Wildman–Crippen LogP) is -6.28. The first-order chi connectivity index (χ1) is 2.64. The number of amides is 1. The van der Waals surface area contributed by atoms with Gasteiger partial charge in [0.2, 0.25) is 5.91 Å². The molecule has 0 fully saturated rings. The van der Waals surface area contributed by atoms with E-state index in [0.29, 0.717) is 0 Å². The summed E-state index contributed by atoms with van der Waals surface area (Å²) in [6.07, 6.45) is 0. The smallest absolute Gasteiger partial charge is 1.00 e. The van der Waals surface area contributed by atoms with Crippen LogP contribution in [0.15, 0.2) is 0 Å². The topological polar surface area (TPSA) is 20.3 Å². The molecule has 5 heteroatoms. The molecule has 1 amide bonds. The normalized spacial score (nSPS) is 5.22. The minimum Gasteiger partial charge on any atom is -1.00 e. The molecule has 9 heavy (non-hydrogen) atoms. The monoisotopic (exact) mass is 269 g/mol. The van der Waals surface area contributed by atoms with Gasteiger partial charge in [-0.2, -0.15) is 0 Å². The molecule has 2 nitrogen and oxygen atoms in total. The number of carbonyl (C=O) groups excluding carboxylic acids is 1. The first-order valence-corrected chi connectivity index (χ1v) is 1.82. The van der Waals surface area contributed by atoms with E-state index in [9.17, 15) is 4.79 Å². The summed E-state index contributed by atoms with van der Waals surface area (Å²) in [4.78, 5) is 11.6. The number of hydrogen-bond acceptors (Lipinski definition) is 1. The molecule has 0 atom stereocenters. The summed E-state index contributed by atoms with van der Waals surface area (Å²) in [6, 6.07) is 0. The average molecular weight is 271 g/mol. The van der Waals surface area contributed by atoms with Gasteiger partial charge in [-0.3, -0.25) is 4.79 Å². The fourth-order valence-corrected chi connectivity index (χ4v) is 0. The zero-order chi connectivity index (χ0) is 5.15. The molecule has 0 aromatic heterocycles. The van der Waals surface area contributed by atoms with Gasteiger partial charge in [0.25, 0.3) is 0 Å². The summed E-state index contributed by atoms with van der Waals surface area (Å²) in [7, 11) is 3.45. The van der Waals surface area contributed by atoms with Crippen molar-refractivity contribution in [1.82, 2.24) is 4.90 Å². The van der Waals surface area contributed by atoms with Crippen LogP contribution in [-0.2, 0) is 4.79 Å². The minimum atomic E-state index is 0. The standard InChI is InChI=1S/C4H9NO.2BrH.Mg/c1-4(6)5(2)3;;;/h1-3H3;2*1H;/q;;;+2/p-2. The molecule has 0 saturated heterocycles. The van der Waals surface area contributed by atoms with E-state index in [1.165, 1.54) is 11.8 Å². The van der Waals surface area contributed by atoms with Crippen LogP contribution in [0.4, 0.5) is 0 Å². The van der Waals surface area contributed by atoms with Gasteiger partial charge in [0.15, 0.2) is 0 Å². The summed E-state index contributed by atoms with van der Waals surface area (Å²) in [6.45, 7) is 1.53. The van der Waals surface area contributed by atoms with Gasteiger partial charge in [-0.1, -0.05) is 0 Å². The molecular formula is C4H9Br2MgNO. The molecule has 0 unspecified atom stereocenters. The minimum absolute atomic E-state index is 0. The summed E-state index contributed by atoms with van der Waals surface area (Å²) < 4.78 is 0. The van der Waals surface area contributed by atoms with Crippen LogP contribution in [0.3, 0.4) is 0 Å². The maximum absolute atomic E-state index is 10.1. The van der Waals surface area contributed by atoms with Gasteiger partial charge in [-0.25, -0.2) is 0 Å². The number of rotatable bonds is 0. The molecular weight excluding hydrogens is 262 g/mol. The Bertz CT molecular complexity index is 69.6. The molecule has 0 aliphatic heterocycles. The zero-order valence-electron chi connectivity index (χ0n) is 5.82. The van der Waals surface area contributed by atoms with E-state index < -0.39 is 0 Å². The zero-order valence-corrected chi connectivity index (χ0v) is 10.4. The molecule has 0 aliphatic rings. The Morgan fingerprint density at radius 1 is 1.22 bits per heavy atom. The van der Waals surface area contributed by atoms with Crippen molar-refractivity contribution in [2.24, 2.45) is 0 Å². The molecule has 0 rings (SSSR count). The van der Waals surface area contributed by atoms with Crippen LogP contribution in [0.2, 0.25) is 0 Å². The van der Waals surface area contributed by atoms with E-state index in [1.807, 2.05) is 0 Å². The second-order valence-electron chi connectivity index (χ2n) is 1.41. The number of hydrogen-bond donors (Lipinski definition) is 0. The fraction of sp³-hybridized carbons (Fsp3) is 0.750. The fourth-order valence-electron chi connectivity index (χ4n) is 0. The summed E-state index contributed by atoms with van der Waals surface area (Å²) >= 11 is 0. The maximum atomic E-state index is 10.1. The molecule has 0 saturated carbocycles. The first kappa shape index (κ1) is 22.5. The molecule has 0 bridgehead atoms. The van der Waals surface area contributed by atoms with E-state index in [4.69, 9.17) is 0 Å². The molecule has 0 aromatic carbocycles. The average Bonchev–Trinajstić information content (AvgIpc) is 1.36. The first-order valence-electron chi connectivity index (χ1n) is 1.82. The van der Waals surface area contributed by atoms with Crippen molar-refractivity contribution in [3.63, 3.8) is 0 Å². The second kappa shape index (κ2) is 11.9. The van der Waals surface area contributed by atoms with Gasteiger partial charge in [0.05, 0.1) is 0 Å². The number of halogens is 2. The Hall–Kier alpha value is 1.20. The van der Waals surface area contributed by atoms with E-state index >= 15 is 0 Å². The largest absolute Gasteiger partial charge is 2.00 e. The van der Waals surface area contributed by atoms with E-state index in [0.717, 1.165) is 0 Å². The molecule has 0 aliphatic carbocycles. The summed E-state index contributed by atoms with van der Waals surface area (Å²) in [5, 5.41) is 0. The summed E-state index contributed by atoms with van der Waals surface area (Å²) in [5.41, 5.74) is 0. The Morgan fingerprint density at radius 2 is 1.33 bits per heavy atom. The quantitative estimate of drug-likeness (QED) is 0.401. The molecule has 0 radical (unpaired) electrons. The molecule has 0 spiro atoms. The SMILES string of the molecule is CC(=O)N(C)C.[Br-].[Br-].[Mg+2]. The Morgan fingerprint density at radius 3 is 1.33 bits per heavy atom. The molecule has 0 N–H and O–H groups in total. The van der Waals surface area contributed by atoms with Crippen LogP contribution in [0.1, 0.15) is 6.92 Å². The Labute approximate surface area is 93.1 Å². The van der Waals surface area contributed by atoms with Crippen LogP contribution < -0.4 is 34.0 Å². The number of nitrogens with zero attached hydrogens (tertiary/aromatic N) is 1. The maximum Gasteiger partial charge on any atom is 2.00 e. The van der Waals surface area contributed by atoms with Gasteiger partial charge in [0, 0.05) is 21.0 Å². The molecule has 0 aromatic rings. The van der Waals surface area contributed by atoms with Crippen LogP contribution in [0, 0.1) is 0 Å². The van der Waals surface area contributed by atoms with Crippen molar-refractivity contribution < 1.29 is 38.8 Å². The molecule has 0 heterocycles. The third-order valence-electron chi connectivity index (χ3n) is 0.630. The van der Waals surface area contributed by atoms with Crippen LogP contribution >= 0.6 is 0 Å². The van der Waals surface area contributed by atoms with Gasteiger partial charge in [-0.05, 0) is 0 Å². The van der Waals surface area contributed by atoms with Gasteiger partial charge in [0.1, 0.15) is 0 Å². The van der Waals surface area contributed by atoms with Crippen LogP contribution in [0.5, 0.6) is 0 Å². The van der Waals surface area contributed by atoms with Crippen molar-refractivity contribution in [2.75, 3.05) is 14.1 Å². The molecule has 52 valence electrons. The number of carbonyl (C=O) groups is 1. The summed E-state index contributed by atoms with van der Waals surface area (Å²) in [5.74, 6) is 0.0926. The van der Waals surface area contributed by atoms with E-state index in [-0.39, 0.29) is 62.9 Å². The van der Waals surface area contributed by atoms with Gasteiger partial charge < -0.3 is 38.9 Å².